The first kappa shape index (κ1) is 60.4. The first-order chi connectivity index (χ1) is 41.3. The number of ether oxygens (including phenoxy) is 3. The third-order valence-electron chi connectivity index (χ3n) is 16.1. The van der Waals surface area contributed by atoms with Gasteiger partial charge in [0.05, 0.1) is 53.2 Å². The average Bonchev–Trinajstić information content (AvgIpc) is 1.77. The summed E-state index contributed by atoms with van der Waals surface area (Å²) in [6.45, 7) is 8.91. The molecular weight excluding hydrogens is 1120 g/mol. The van der Waals surface area contributed by atoms with Gasteiger partial charge in [-0.25, -0.2) is 9.37 Å². The minimum Gasteiger partial charge on any atom is -0.493 e. The van der Waals surface area contributed by atoms with Gasteiger partial charge in [0.25, 0.3) is 0 Å². The Balaban J connectivity index is 0.645. The van der Waals surface area contributed by atoms with E-state index in [-0.39, 0.29) is 49.7 Å². The van der Waals surface area contributed by atoms with Crippen molar-refractivity contribution >= 4 is 69.1 Å². The van der Waals surface area contributed by atoms with Crippen LogP contribution in [0.3, 0.4) is 0 Å². The Morgan fingerprint density at radius 3 is 2.14 bits per heavy atom. The van der Waals surface area contributed by atoms with E-state index < -0.39 is 52.6 Å². The molecule has 2 aliphatic heterocycles. The van der Waals surface area contributed by atoms with Gasteiger partial charge in [0.2, 0.25) is 35.4 Å². The third-order valence-corrected chi connectivity index (χ3v) is 17.0. The zero-order valence-electron chi connectivity index (χ0n) is 48.8. The van der Waals surface area contributed by atoms with Crippen molar-refractivity contribution in [1.29, 1.82) is 0 Å². The molecule has 5 N–H and O–H groups in total. The second-order valence-electron chi connectivity index (χ2n) is 23.3. The first-order valence-corrected chi connectivity index (χ1v) is 29.9. The van der Waals surface area contributed by atoms with Crippen molar-refractivity contribution in [2.75, 3.05) is 37.4 Å². The fourth-order valence-electron chi connectivity index (χ4n) is 10.9. The van der Waals surface area contributed by atoms with E-state index in [1.807, 2.05) is 73.2 Å². The quantitative estimate of drug-likeness (QED) is 0.0314. The van der Waals surface area contributed by atoms with Gasteiger partial charge in [0, 0.05) is 74.5 Å². The van der Waals surface area contributed by atoms with Gasteiger partial charge in [-0.15, -0.1) is 11.3 Å². The van der Waals surface area contributed by atoms with E-state index in [1.165, 1.54) is 29.2 Å². The van der Waals surface area contributed by atoms with Crippen molar-refractivity contribution in [3.8, 4) is 39.2 Å². The Kier molecular flexibility index (Phi) is 18.4. The maximum absolute atomic E-state index is 14.1. The van der Waals surface area contributed by atoms with Crippen molar-refractivity contribution in [2.45, 2.75) is 123 Å². The summed E-state index contributed by atoms with van der Waals surface area (Å²) in [6, 6.07) is 23.5. The summed E-state index contributed by atoms with van der Waals surface area (Å²) < 4.78 is 33.6. The van der Waals surface area contributed by atoms with E-state index in [4.69, 9.17) is 14.2 Å². The second kappa shape index (κ2) is 26.2. The number of β-amino-alcohol motifs (C(OH)–C–C–N with tert-alkyl or cyclic N) is 1. The topological polar surface area (TPSA) is 249 Å². The number of methoxy groups -OCH3 is 1. The number of nitrogens with one attached hydrogen (secondary N) is 4. The number of pyridine rings is 1. The van der Waals surface area contributed by atoms with Crippen molar-refractivity contribution in [3.05, 3.63) is 132 Å². The molecule has 0 spiro atoms. The minimum atomic E-state index is -1.20. The smallest absolute Gasteiger partial charge is 0.246 e. The predicted octanol–water partition coefficient (Wildman–Crippen LogP) is 9.88. The molecule has 20 nitrogen and oxygen atoms in total. The summed E-state index contributed by atoms with van der Waals surface area (Å²) in [4.78, 5) is 93.9. The number of nitrogens with zero attached hydrogens (tertiary/aromatic N) is 6. The lowest BCUT2D eigenvalue weighted by Crippen LogP contribution is -2.57. The van der Waals surface area contributed by atoms with Gasteiger partial charge < -0.3 is 50.4 Å². The van der Waals surface area contributed by atoms with E-state index in [0.29, 0.717) is 115 Å². The number of hydrogen-bond donors (Lipinski definition) is 5. The number of carbonyl (C=O) groups is 6. The standard InChI is InChI=1S/C64H71FN10O10S/c1-39-57(86-38-68-39)41-13-11-40(12-14-41)34-67-59(79)51-31-46(76)36-74(51)60(80)58(63(2,3)4)72-55(77)9-7-6-8-10-56(78)73-29-24-45(25-30-73)75-37-48(35-69-75)85-54-33-50-49(32-53(54)83-5)52(23-28-66-50)84-47-21-19-44(20-22-47)71-62(82)64(26-27-64)61(81)70-43-17-15-42(65)16-18-43/h11-23,28,32-33,35,37-38,45-46,51,58,76H,6-10,24-27,29-31,34,36H2,1-5H3,(H,67,79)(H,70,81)(H,71,82)(H,72,77)/t46-,51+,58-/m1/s1. The molecule has 3 fully saturated rings. The van der Waals surface area contributed by atoms with Gasteiger partial charge in [0.15, 0.2) is 17.2 Å². The number of likely N-dealkylation sites (tertiary alicyclic amines) is 2. The maximum Gasteiger partial charge on any atom is 0.246 e. The van der Waals surface area contributed by atoms with Crippen LogP contribution in [0, 0.1) is 23.6 Å². The third kappa shape index (κ3) is 14.3. The zero-order valence-corrected chi connectivity index (χ0v) is 49.6. The summed E-state index contributed by atoms with van der Waals surface area (Å²) in [6.07, 6.45) is 8.81. The number of amides is 6. The van der Waals surface area contributed by atoms with Crippen molar-refractivity contribution < 1.29 is 52.5 Å². The van der Waals surface area contributed by atoms with Crippen LogP contribution < -0.4 is 35.5 Å². The summed E-state index contributed by atoms with van der Waals surface area (Å²) >= 11 is 1.57. The summed E-state index contributed by atoms with van der Waals surface area (Å²) in [5.41, 5.74) is 4.28. The van der Waals surface area contributed by atoms with Crippen LogP contribution in [0.1, 0.15) is 102 Å². The number of rotatable bonds is 22. The molecule has 2 saturated heterocycles. The number of thiazole rings is 1. The van der Waals surface area contributed by atoms with Crippen molar-refractivity contribution in [3.63, 3.8) is 0 Å². The number of piperidine rings is 1. The van der Waals surface area contributed by atoms with E-state index in [1.54, 1.807) is 73.3 Å². The number of aryl methyl sites for hydroxylation is 1. The maximum atomic E-state index is 14.1. The van der Waals surface area contributed by atoms with E-state index in [2.05, 4.69) is 36.3 Å². The van der Waals surface area contributed by atoms with Gasteiger partial charge >= 0.3 is 0 Å². The number of hydrogen-bond acceptors (Lipinski definition) is 14. The van der Waals surface area contributed by atoms with Crippen LogP contribution in [-0.2, 0) is 35.3 Å². The molecule has 0 unspecified atom stereocenters. The first-order valence-electron chi connectivity index (χ1n) is 29.0. The largest absolute Gasteiger partial charge is 0.493 e. The molecule has 0 bridgehead atoms. The number of unbranched alkanes of at least 4 members (excludes halogenated alkanes) is 2. The lowest BCUT2D eigenvalue weighted by atomic mass is 9.85. The molecular formula is C64H71FN10O10S. The van der Waals surface area contributed by atoms with Crippen molar-refractivity contribution in [1.82, 2.24) is 40.2 Å². The number of halogens is 1. The molecule has 22 heteroatoms. The molecule has 1 saturated carbocycles. The van der Waals surface area contributed by atoms with E-state index >= 15 is 0 Å². The molecule has 450 valence electrons. The van der Waals surface area contributed by atoms with Gasteiger partial charge in [-0.3, -0.25) is 38.4 Å². The highest BCUT2D eigenvalue weighted by Crippen LogP contribution is 2.48. The molecule has 3 aliphatic rings. The van der Waals surface area contributed by atoms with Crippen LogP contribution in [0.5, 0.6) is 28.7 Å². The van der Waals surface area contributed by atoms with Gasteiger partial charge in [-0.05, 0) is 123 Å². The van der Waals surface area contributed by atoms with Crippen LogP contribution in [-0.4, -0.2) is 115 Å². The Morgan fingerprint density at radius 1 is 0.814 bits per heavy atom. The molecule has 1 aliphatic carbocycles. The molecule has 3 aromatic heterocycles. The molecule has 6 amide bonds. The number of anilines is 2. The fraction of sp³-hybridized carbons (Fsp3) is 0.391. The average molecular weight is 1190 g/mol. The van der Waals surface area contributed by atoms with E-state index in [9.17, 15) is 38.3 Å². The number of aliphatic hydroxyl groups excluding tert-OH is 1. The molecule has 5 heterocycles. The number of aromatic nitrogens is 4. The Bertz CT molecular complexity index is 3590. The van der Waals surface area contributed by atoms with Crippen LogP contribution in [0.25, 0.3) is 21.3 Å². The Morgan fingerprint density at radius 2 is 1.49 bits per heavy atom. The number of fused-ring (bicyclic) bond motifs is 1. The summed E-state index contributed by atoms with van der Waals surface area (Å²) in [5, 5.41) is 27.4. The highest BCUT2D eigenvalue weighted by atomic mass is 32.1. The predicted molar refractivity (Wildman–Crippen MR) is 322 cm³/mol. The highest BCUT2D eigenvalue weighted by Gasteiger charge is 2.56. The monoisotopic (exact) mass is 1190 g/mol. The molecule has 7 aromatic rings. The van der Waals surface area contributed by atoms with Crippen LogP contribution in [0.15, 0.2) is 115 Å². The Labute approximate surface area is 501 Å². The van der Waals surface area contributed by atoms with Crippen LogP contribution >= 0.6 is 11.3 Å². The molecule has 0 radical (unpaired) electrons. The number of benzene rings is 4. The molecule has 3 atom stereocenters. The van der Waals surface area contributed by atoms with Crippen molar-refractivity contribution in [2.24, 2.45) is 10.8 Å². The lowest BCUT2D eigenvalue weighted by molar-refractivity contribution is -0.144. The second-order valence-corrected chi connectivity index (χ2v) is 24.2. The lowest BCUT2D eigenvalue weighted by Gasteiger charge is -2.35. The fourth-order valence-corrected chi connectivity index (χ4v) is 11.7. The van der Waals surface area contributed by atoms with E-state index in [0.717, 1.165) is 21.7 Å². The summed E-state index contributed by atoms with van der Waals surface area (Å²) in [5.74, 6) is 0.0203. The highest BCUT2D eigenvalue weighted by molar-refractivity contribution is 7.13. The summed E-state index contributed by atoms with van der Waals surface area (Å²) in [7, 11) is 1.54. The SMILES string of the molecule is COc1cc2c(Oc3ccc(NC(=O)C4(C(=O)Nc5ccc(F)cc5)CC4)cc3)ccnc2cc1Oc1cnn(C2CCN(C(=O)CCCCCC(=O)N[C@H](C(=O)N3C[C@H](O)C[C@H]3C(=O)NCc3ccc(-c4scnc4C)cc3)C(C)(C)C)CC2)c1. The number of aliphatic hydroxyl groups is 1. The van der Waals surface area contributed by atoms with Gasteiger partial charge in [0.1, 0.15) is 34.8 Å². The van der Waals surface area contributed by atoms with Gasteiger partial charge in [-0.1, -0.05) is 51.5 Å². The molecule has 10 rings (SSSR count). The van der Waals surface area contributed by atoms with Crippen LogP contribution in [0.4, 0.5) is 15.8 Å². The molecule has 86 heavy (non-hydrogen) atoms. The van der Waals surface area contributed by atoms with Gasteiger partial charge in [-0.2, -0.15) is 5.10 Å². The van der Waals surface area contributed by atoms with Crippen LogP contribution in [0.2, 0.25) is 0 Å². The minimum absolute atomic E-state index is 0.0145. The zero-order chi connectivity index (χ0) is 60.7. The normalized spacial score (nSPS) is 16.9. The number of carbonyl (C=O) groups excluding carboxylic acids is 6. The Hall–Kier alpha value is -8.76. The molecule has 4 aromatic carbocycles.